The van der Waals surface area contributed by atoms with Crippen LogP contribution in [0.15, 0.2) is 54.7 Å². The number of aliphatic hydroxyl groups excluding tert-OH is 1. The van der Waals surface area contributed by atoms with E-state index in [2.05, 4.69) is 34.3 Å². The zero-order valence-corrected chi connectivity index (χ0v) is 15.9. The molecular formula is C22H27FN2O2. The molecular weight excluding hydrogens is 343 g/mol. The fourth-order valence-corrected chi connectivity index (χ4v) is 2.96. The first-order valence-corrected chi connectivity index (χ1v) is 9.29. The Hall–Kier alpha value is -2.37. The number of aromatic nitrogens is 1. The van der Waals surface area contributed by atoms with Gasteiger partial charge in [0.05, 0.1) is 18.7 Å². The molecule has 0 bridgehead atoms. The minimum Gasteiger partial charge on any atom is -0.493 e. The lowest BCUT2D eigenvalue weighted by molar-refractivity contribution is 0.188. The fourth-order valence-electron chi connectivity index (χ4n) is 2.96. The van der Waals surface area contributed by atoms with Gasteiger partial charge in [-0.15, -0.1) is 0 Å². The Morgan fingerprint density at radius 2 is 1.89 bits per heavy atom. The van der Waals surface area contributed by atoms with Crippen LogP contribution in [0.4, 0.5) is 4.39 Å². The van der Waals surface area contributed by atoms with Crippen molar-refractivity contribution in [2.45, 2.75) is 32.4 Å². The second kappa shape index (κ2) is 8.55. The van der Waals surface area contributed by atoms with Gasteiger partial charge in [-0.2, -0.15) is 0 Å². The van der Waals surface area contributed by atoms with E-state index in [0.29, 0.717) is 6.61 Å². The standard InChI is InChI=1S/C22H27FN2O2/c1-22(2,16-26)24-11-13-25-12-9-18-5-8-20(15-21(18)25)27-14-10-17-3-6-19(23)7-4-17/h3-9,12,15,24,26H,10-11,13-14,16H2,1-2H3. The summed E-state index contributed by atoms with van der Waals surface area (Å²) >= 11 is 0. The summed E-state index contributed by atoms with van der Waals surface area (Å²) in [5.74, 6) is 0.607. The highest BCUT2D eigenvalue weighted by Gasteiger charge is 2.14. The van der Waals surface area contributed by atoms with E-state index in [-0.39, 0.29) is 18.0 Å². The predicted octanol–water partition coefficient (Wildman–Crippen LogP) is 3.76. The monoisotopic (exact) mass is 370 g/mol. The van der Waals surface area contributed by atoms with Gasteiger partial charge in [0.1, 0.15) is 11.6 Å². The molecule has 144 valence electrons. The third-order valence-electron chi connectivity index (χ3n) is 4.67. The molecule has 0 aliphatic rings. The van der Waals surface area contributed by atoms with Crippen molar-refractivity contribution in [3.8, 4) is 5.75 Å². The van der Waals surface area contributed by atoms with E-state index in [4.69, 9.17) is 4.74 Å². The van der Waals surface area contributed by atoms with Gasteiger partial charge in [0, 0.05) is 37.3 Å². The third-order valence-corrected chi connectivity index (χ3v) is 4.67. The van der Waals surface area contributed by atoms with Crippen LogP contribution >= 0.6 is 0 Å². The minimum absolute atomic E-state index is 0.103. The maximum absolute atomic E-state index is 13.0. The molecule has 1 heterocycles. The lowest BCUT2D eigenvalue weighted by atomic mass is 10.1. The van der Waals surface area contributed by atoms with Crippen LogP contribution in [0, 0.1) is 5.82 Å². The van der Waals surface area contributed by atoms with Gasteiger partial charge in [0.2, 0.25) is 0 Å². The number of rotatable bonds is 9. The molecule has 0 fully saturated rings. The first-order chi connectivity index (χ1) is 13.0. The van der Waals surface area contributed by atoms with Gasteiger partial charge in [-0.25, -0.2) is 4.39 Å². The zero-order valence-electron chi connectivity index (χ0n) is 15.9. The smallest absolute Gasteiger partial charge is 0.123 e. The topological polar surface area (TPSA) is 46.4 Å². The van der Waals surface area contributed by atoms with Crippen LogP contribution in [0.3, 0.4) is 0 Å². The average Bonchev–Trinajstić information content (AvgIpc) is 3.06. The van der Waals surface area contributed by atoms with Crippen LogP contribution in [0.5, 0.6) is 5.75 Å². The average molecular weight is 370 g/mol. The number of hydrogen-bond acceptors (Lipinski definition) is 3. The Morgan fingerprint density at radius 1 is 1.11 bits per heavy atom. The molecule has 0 saturated carbocycles. The van der Waals surface area contributed by atoms with Crippen LogP contribution in [-0.2, 0) is 13.0 Å². The Labute approximate surface area is 159 Å². The van der Waals surface area contributed by atoms with Crippen LogP contribution in [0.2, 0.25) is 0 Å². The van der Waals surface area contributed by atoms with Crippen molar-refractivity contribution in [1.29, 1.82) is 0 Å². The van der Waals surface area contributed by atoms with Crippen molar-refractivity contribution in [3.63, 3.8) is 0 Å². The maximum atomic E-state index is 13.0. The first kappa shape index (κ1) is 19.4. The summed E-state index contributed by atoms with van der Waals surface area (Å²) < 4.78 is 21.0. The van der Waals surface area contributed by atoms with Crippen molar-refractivity contribution in [2.75, 3.05) is 19.8 Å². The van der Waals surface area contributed by atoms with E-state index >= 15 is 0 Å². The molecule has 1 aromatic heterocycles. The number of ether oxygens (including phenoxy) is 1. The molecule has 2 N–H and O–H groups in total. The van der Waals surface area contributed by atoms with Crippen LogP contribution in [0.1, 0.15) is 19.4 Å². The van der Waals surface area contributed by atoms with Gasteiger partial charge < -0.3 is 19.7 Å². The fraction of sp³-hybridized carbons (Fsp3) is 0.364. The summed E-state index contributed by atoms with van der Waals surface area (Å²) in [5, 5.41) is 13.9. The van der Waals surface area contributed by atoms with E-state index < -0.39 is 0 Å². The number of halogens is 1. The van der Waals surface area contributed by atoms with Crippen molar-refractivity contribution in [2.24, 2.45) is 0 Å². The number of benzene rings is 2. The van der Waals surface area contributed by atoms with Crippen LogP contribution < -0.4 is 10.1 Å². The Balaban J connectivity index is 1.59. The van der Waals surface area contributed by atoms with E-state index in [1.165, 1.54) is 17.5 Å². The SMILES string of the molecule is CC(C)(CO)NCCn1ccc2ccc(OCCc3ccc(F)cc3)cc21. The van der Waals surface area contributed by atoms with Crippen molar-refractivity contribution in [3.05, 3.63) is 66.1 Å². The predicted molar refractivity (Wildman–Crippen MR) is 107 cm³/mol. The molecule has 4 nitrogen and oxygen atoms in total. The highest BCUT2D eigenvalue weighted by atomic mass is 19.1. The molecule has 5 heteroatoms. The number of hydrogen-bond donors (Lipinski definition) is 2. The Kier molecular flexibility index (Phi) is 6.14. The first-order valence-electron chi connectivity index (χ1n) is 9.29. The Bertz CT molecular complexity index is 872. The van der Waals surface area contributed by atoms with Gasteiger partial charge in [0.15, 0.2) is 0 Å². The Morgan fingerprint density at radius 3 is 2.63 bits per heavy atom. The highest BCUT2D eigenvalue weighted by molar-refractivity contribution is 5.81. The molecule has 0 unspecified atom stereocenters. The quantitative estimate of drug-likeness (QED) is 0.603. The molecule has 0 saturated heterocycles. The summed E-state index contributed by atoms with van der Waals surface area (Å²) in [6.45, 7) is 6.19. The molecule has 0 aliphatic carbocycles. The molecule has 2 aromatic carbocycles. The maximum Gasteiger partial charge on any atom is 0.123 e. The molecule has 3 aromatic rings. The van der Waals surface area contributed by atoms with E-state index in [9.17, 15) is 9.50 Å². The highest BCUT2D eigenvalue weighted by Crippen LogP contribution is 2.22. The largest absolute Gasteiger partial charge is 0.493 e. The molecule has 0 amide bonds. The summed E-state index contributed by atoms with van der Waals surface area (Å²) in [7, 11) is 0. The zero-order chi connectivity index (χ0) is 19.3. The third kappa shape index (κ3) is 5.31. The molecule has 0 radical (unpaired) electrons. The lowest BCUT2D eigenvalue weighted by Crippen LogP contribution is -2.44. The number of fused-ring (bicyclic) bond motifs is 1. The van der Waals surface area contributed by atoms with E-state index in [0.717, 1.165) is 36.3 Å². The van der Waals surface area contributed by atoms with Crippen molar-refractivity contribution >= 4 is 10.9 Å². The summed E-state index contributed by atoms with van der Waals surface area (Å²) in [5.41, 5.74) is 1.90. The second-order valence-corrected chi connectivity index (χ2v) is 7.42. The number of aliphatic hydroxyl groups is 1. The molecule has 0 spiro atoms. The summed E-state index contributed by atoms with van der Waals surface area (Å²) in [4.78, 5) is 0. The number of nitrogens with one attached hydrogen (secondary N) is 1. The van der Waals surface area contributed by atoms with E-state index in [1.54, 1.807) is 12.1 Å². The van der Waals surface area contributed by atoms with Gasteiger partial charge >= 0.3 is 0 Å². The molecule has 3 rings (SSSR count). The summed E-state index contributed by atoms with van der Waals surface area (Å²) in [6.07, 6.45) is 2.81. The normalized spacial score (nSPS) is 11.9. The van der Waals surface area contributed by atoms with Gasteiger partial charge in [-0.05, 0) is 55.1 Å². The van der Waals surface area contributed by atoms with Crippen molar-refractivity contribution in [1.82, 2.24) is 9.88 Å². The van der Waals surface area contributed by atoms with E-state index in [1.807, 2.05) is 19.9 Å². The van der Waals surface area contributed by atoms with Crippen LogP contribution in [0.25, 0.3) is 10.9 Å². The van der Waals surface area contributed by atoms with Gasteiger partial charge in [-0.1, -0.05) is 12.1 Å². The van der Waals surface area contributed by atoms with Crippen LogP contribution in [-0.4, -0.2) is 35.0 Å². The van der Waals surface area contributed by atoms with Gasteiger partial charge in [0.25, 0.3) is 0 Å². The summed E-state index contributed by atoms with van der Waals surface area (Å²) in [6, 6.07) is 14.7. The number of nitrogens with zero attached hydrogens (tertiary/aromatic N) is 1. The van der Waals surface area contributed by atoms with Gasteiger partial charge in [-0.3, -0.25) is 0 Å². The second-order valence-electron chi connectivity index (χ2n) is 7.42. The van der Waals surface area contributed by atoms with Crippen molar-refractivity contribution < 1.29 is 14.2 Å². The lowest BCUT2D eigenvalue weighted by Gasteiger charge is -2.23. The molecule has 27 heavy (non-hydrogen) atoms. The minimum atomic E-state index is -0.280. The molecule has 0 aliphatic heterocycles. The molecule has 0 atom stereocenters.